The quantitative estimate of drug-likeness (QED) is 0.616. The normalized spacial score (nSPS) is 11.0. The number of rotatable bonds is 1. The summed E-state index contributed by atoms with van der Waals surface area (Å²) in [5.41, 5.74) is 0. The molecule has 0 amide bonds. The Labute approximate surface area is 131 Å². The summed E-state index contributed by atoms with van der Waals surface area (Å²) in [5.74, 6) is 0. The summed E-state index contributed by atoms with van der Waals surface area (Å²) >= 11 is 0. The van der Waals surface area contributed by atoms with Crippen molar-refractivity contribution >= 4 is 72.3 Å². The fourth-order valence-corrected chi connectivity index (χ4v) is 1.84. The van der Waals surface area contributed by atoms with Crippen molar-refractivity contribution < 1.29 is 13.0 Å². The average molecular weight is 247 g/mol. The molecule has 5 heteroatoms. The minimum absolute atomic E-state index is 0. The molecule has 0 aliphatic rings. The van der Waals surface area contributed by atoms with Gasteiger partial charge in [0, 0.05) is 51.4 Å². The molecule has 0 saturated carbocycles. The van der Waals surface area contributed by atoms with Crippen LogP contribution in [0, 0.1) is 0 Å². The summed E-state index contributed by atoms with van der Waals surface area (Å²) < 4.78 is 30.5. The van der Waals surface area contributed by atoms with E-state index in [1.165, 1.54) is 12.1 Å². The van der Waals surface area contributed by atoms with Gasteiger partial charge in [0.05, 0.1) is 4.90 Å². The van der Waals surface area contributed by atoms with Crippen LogP contribution in [0.3, 0.4) is 0 Å². The summed E-state index contributed by atoms with van der Waals surface area (Å²) in [5, 5.41) is 1.74. The molecule has 0 spiro atoms. The monoisotopic (exact) mass is 247 g/mol. The molecule has 0 fully saturated rings. The van der Waals surface area contributed by atoms with E-state index in [-0.39, 0.29) is 56.3 Å². The maximum absolute atomic E-state index is 10.8. The minimum Gasteiger partial charge on any atom is -0.282 e. The van der Waals surface area contributed by atoms with Crippen LogP contribution in [0.1, 0.15) is 0 Å². The van der Waals surface area contributed by atoms with Crippen molar-refractivity contribution in [3.05, 3.63) is 42.5 Å². The molecule has 0 aliphatic carbocycles. The van der Waals surface area contributed by atoms with E-state index in [4.69, 9.17) is 4.55 Å². The summed E-state index contributed by atoms with van der Waals surface area (Å²) in [7, 11) is -4.09. The molecule has 2 rings (SSSR count). The number of benzene rings is 2. The van der Waals surface area contributed by atoms with Crippen molar-refractivity contribution in [3.63, 3.8) is 0 Å². The molecule has 1 N–H and O–H groups in total. The molecule has 2 aromatic rings. The van der Waals surface area contributed by atoms with Crippen molar-refractivity contribution in [2.24, 2.45) is 0 Å². The summed E-state index contributed by atoms with van der Waals surface area (Å²) in [4.78, 5) is -0.0730. The van der Waals surface area contributed by atoms with Crippen molar-refractivity contribution in [2.45, 2.75) is 4.90 Å². The molecule has 0 unspecified atom stereocenters. The zero-order valence-electron chi connectivity index (χ0n) is 8.21. The molecule has 0 atom stereocenters. The molecule has 73 valence electrons. The van der Waals surface area contributed by atoms with Gasteiger partial charge in [0.1, 0.15) is 0 Å². The molecule has 0 aromatic heterocycles. The van der Waals surface area contributed by atoms with Gasteiger partial charge in [0.15, 0.2) is 0 Å². The van der Waals surface area contributed by atoms with Gasteiger partial charge in [-0.15, -0.1) is 0 Å². The van der Waals surface area contributed by atoms with E-state index < -0.39 is 10.1 Å². The van der Waals surface area contributed by atoms with Gasteiger partial charge in [0.2, 0.25) is 0 Å². The van der Waals surface area contributed by atoms with Crippen molar-refractivity contribution in [2.75, 3.05) is 0 Å². The molecule has 1 radical (unpaired) electrons. The largest absolute Gasteiger partial charge is 0.294 e. The van der Waals surface area contributed by atoms with Gasteiger partial charge in [-0.3, -0.25) is 4.55 Å². The Bertz CT molecular complexity index is 578. The first-order chi connectivity index (χ1) is 6.57. The summed E-state index contributed by atoms with van der Waals surface area (Å²) in [6.45, 7) is 0. The standard InChI is InChI=1S/C10H8O3S.K/c11-14(12,13)10-6-5-8-3-1-2-4-9(8)7-10;/h1-7H,(H,11,12,13);. The van der Waals surface area contributed by atoms with E-state index >= 15 is 0 Å². The molecule has 0 saturated heterocycles. The van der Waals surface area contributed by atoms with E-state index in [0.717, 1.165) is 10.8 Å². The van der Waals surface area contributed by atoms with E-state index in [0.29, 0.717) is 0 Å². The second-order valence-electron chi connectivity index (χ2n) is 2.98. The van der Waals surface area contributed by atoms with Gasteiger partial charge >= 0.3 is 0 Å². The zero-order valence-corrected chi connectivity index (χ0v) is 12.2. The number of hydrogen-bond donors (Lipinski definition) is 1. The molecule has 3 nitrogen and oxygen atoms in total. The van der Waals surface area contributed by atoms with E-state index in [1.54, 1.807) is 12.1 Å². The Hall–Kier alpha value is 0.246. The predicted octanol–water partition coefficient (Wildman–Crippen LogP) is 1.71. The Morgan fingerprint density at radius 1 is 0.933 bits per heavy atom. The maximum atomic E-state index is 10.8. The Balaban J connectivity index is 0.00000112. The average Bonchev–Trinajstić information content (AvgIpc) is 2.16. The van der Waals surface area contributed by atoms with Gasteiger partial charge in [0.25, 0.3) is 10.1 Å². The third kappa shape index (κ3) is 3.10. The summed E-state index contributed by atoms with van der Waals surface area (Å²) in [6, 6.07) is 11.9. The second kappa shape index (κ2) is 5.05. The molecule has 0 heterocycles. The van der Waals surface area contributed by atoms with Crippen LogP contribution in [0.4, 0.5) is 0 Å². The first kappa shape index (κ1) is 13.3. The topological polar surface area (TPSA) is 54.4 Å². The third-order valence-corrected chi connectivity index (χ3v) is 2.87. The smallest absolute Gasteiger partial charge is 0.282 e. The molecule has 0 bridgehead atoms. The van der Waals surface area contributed by atoms with Crippen LogP contribution < -0.4 is 0 Å². The summed E-state index contributed by atoms with van der Waals surface area (Å²) in [6.07, 6.45) is 0. The van der Waals surface area contributed by atoms with Gasteiger partial charge in [-0.25, -0.2) is 0 Å². The fraction of sp³-hybridized carbons (Fsp3) is 0. The van der Waals surface area contributed by atoms with Crippen molar-refractivity contribution in [1.82, 2.24) is 0 Å². The van der Waals surface area contributed by atoms with Crippen molar-refractivity contribution in [1.29, 1.82) is 0 Å². The number of fused-ring (bicyclic) bond motifs is 1. The van der Waals surface area contributed by atoms with Crippen LogP contribution in [-0.4, -0.2) is 64.4 Å². The Morgan fingerprint density at radius 2 is 1.53 bits per heavy atom. The fourth-order valence-electron chi connectivity index (χ4n) is 1.33. The molecular weight excluding hydrogens is 239 g/mol. The van der Waals surface area contributed by atoms with Gasteiger partial charge in [-0.1, -0.05) is 30.3 Å². The predicted molar refractivity (Wildman–Crippen MR) is 59.5 cm³/mol. The Morgan fingerprint density at radius 3 is 2.13 bits per heavy atom. The first-order valence-electron chi connectivity index (χ1n) is 4.04. The van der Waals surface area contributed by atoms with Gasteiger partial charge in [-0.2, -0.15) is 8.42 Å². The van der Waals surface area contributed by atoms with Gasteiger partial charge in [-0.05, 0) is 22.9 Å². The third-order valence-electron chi connectivity index (χ3n) is 2.02. The van der Waals surface area contributed by atoms with Crippen LogP contribution in [0.2, 0.25) is 0 Å². The minimum atomic E-state index is -4.09. The van der Waals surface area contributed by atoms with Crippen molar-refractivity contribution in [3.8, 4) is 0 Å². The Kier molecular flexibility index (Phi) is 4.48. The first-order valence-corrected chi connectivity index (χ1v) is 5.48. The van der Waals surface area contributed by atoms with E-state index in [9.17, 15) is 8.42 Å². The van der Waals surface area contributed by atoms with Crippen LogP contribution in [-0.2, 0) is 10.1 Å². The van der Waals surface area contributed by atoms with Crippen LogP contribution in [0.25, 0.3) is 10.8 Å². The number of hydrogen-bond acceptors (Lipinski definition) is 2. The molecule has 0 aliphatic heterocycles. The van der Waals surface area contributed by atoms with Gasteiger partial charge < -0.3 is 0 Å². The zero-order chi connectivity index (χ0) is 10.2. The SMILES string of the molecule is O=S(=O)(O)c1ccc2ccccc2c1.[K]. The van der Waals surface area contributed by atoms with Crippen LogP contribution in [0.15, 0.2) is 47.4 Å². The van der Waals surface area contributed by atoms with Crippen LogP contribution in [0.5, 0.6) is 0 Å². The van der Waals surface area contributed by atoms with Crippen LogP contribution >= 0.6 is 0 Å². The molecular formula is C10H8KO3S. The molecule has 15 heavy (non-hydrogen) atoms. The van der Waals surface area contributed by atoms with E-state index in [2.05, 4.69) is 0 Å². The second-order valence-corrected chi connectivity index (χ2v) is 4.41. The van der Waals surface area contributed by atoms with E-state index in [1.807, 2.05) is 18.2 Å². The molecule has 2 aromatic carbocycles. The maximum Gasteiger partial charge on any atom is 0.294 e.